The number of hydrogen-bond acceptors (Lipinski definition) is 5. The molecule has 1 rings (SSSR count). The van der Waals surface area contributed by atoms with E-state index in [9.17, 15) is 14.0 Å². The van der Waals surface area contributed by atoms with Gasteiger partial charge in [-0.05, 0) is 18.6 Å². The van der Waals surface area contributed by atoms with Gasteiger partial charge in [0.05, 0.1) is 19.8 Å². The summed E-state index contributed by atoms with van der Waals surface area (Å²) < 4.78 is 28.7. The van der Waals surface area contributed by atoms with Crippen molar-refractivity contribution in [2.75, 3.05) is 39.5 Å². The third-order valence-corrected chi connectivity index (χ3v) is 3.61. The van der Waals surface area contributed by atoms with Crippen LogP contribution in [0.5, 0.6) is 0 Å². The second kappa shape index (κ2) is 15.3. The van der Waals surface area contributed by atoms with Crippen LogP contribution in [0.3, 0.4) is 0 Å². The molecule has 1 heterocycles. The van der Waals surface area contributed by atoms with Crippen LogP contribution < -0.4 is 5.32 Å². The molecule has 0 unspecified atom stereocenters. The van der Waals surface area contributed by atoms with Crippen LogP contribution in [-0.2, 0) is 19.0 Å². The zero-order valence-electron chi connectivity index (χ0n) is 17.7. The average molecular weight is 413 g/mol. The average Bonchev–Trinajstić information content (AvgIpc) is 3.15. The number of nitrogens with one attached hydrogen (secondary N) is 1. The lowest BCUT2D eigenvalue weighted by Gasteiger charge is -2.15. The number of rotatable bonds is 11. The van der Waals surface area contributed by atoms with Gasteiger partial charge >= 0.3 is 6.09 Å². The van der Waals surface area contributed by atoms with Gasteiger partial charge in [-0.25, -0.2) is 9.18 Å². The molecule has 0 spiro atoms. The smallest absolute Gasteiger partial charge is 0.407 e. The Morgan fingerprint density at radius 1 is 1.24 bits per heavy atom. The highest BCUT2D eigenvalue weighted by Crippen LogP contribution is 2.13. The zero-order valence-corrected chi connectivity index (χ0v) is 17.7. The minimum atomic E-state index is -0.615. The molecule has 29 heavy (non-hydrogen) atoms. The van der Waals surface area contributed by atoms with Crippen molar-refractivity contribution in [3.05, 3.63) is 49.0 Å². The van der Waals surface area contributed by atoms with Gasteiger partial charge in [0.25, 0.3) is 0 Å². The Kier molecular flexibility index (Phi) is 13.9. The topological polar surface area (TPSA) is 77.1 Å². The maximum Gasteiger partial charge on any atom is 0.407 e. The third kappa shape index (κ3) is 11.7. The highest BCUT2D eigenvalue weighted by molar-refractivity contribution is 5.87. The van der Waals surface area contributed by atoms with Crippen molar-refractivity contribution in [3.8, 4) is 0 Å². The third-order valence-electron chi connectivity index (χ3n) is 3.61. The standard InChI is InChI=1S/C19H27FN2O5.C2H6/c1-5-18(23)22-8-6-16(13-22)27-19(24)21-7-9-25-10-11-26-17(14(2)3)12-15(4)20;1-2/h5,12,16H,1-2,4,6-11,13H2,3H3,(H,21,24);1-2H3/b17-12+;/t16-;/m1./s1. The zero-order chi connectivity index (χ0) is 22.2. The van der Waals surface area contributed by atoms with E-state index in [1.165, 1.54) is 6.08 Å². The van der Waals surface area contributed by atoms with Crippen LogP contribution in [0.1, 0.15) is 27.2 Å². The first-order valence-corrected chi connectivity index (χ1v) is 9.61. The van der Waals surface area contributed by atoms with Gasteiger partial charge in [-0.15, -0.1) is 0 Å². The van der Waals surface area contributed by atoms with Gasteiger partial charge in [-0.1, -0.05) is 33.6 Å². The molecule has 2 amide bonds. The lowest BCUT2D eigenvalue weighted by Crippen LogP contribution is -2.34. The largest absolute Gasteiger partial charge is 0.491 e. The van der Waals surface area contributed by atoms with Crippen LogP contribution in [0, 0.1) is 0 Å². The summed E-state index contributed by atoms with van der Waals surface area (Å²) in [5.74, 6) is -0.471. The number of nitrogens with zero attached hydrogens (tertiary/aromatic N) is 1. The van der Waals surface area contributed by atoms with Crippen molar-refractivity contribution >= 4 is 12.0 Å². The van der Waals surface area contributed by atoms with Gasteiger partial charge in [0, 0.05) is 25.6 Å². The minimum Gasteiger partial charge on any atom is -0.491 e. The SMILES string of the molecule is C=CC(=O)N1CC[C@@H](OC(=O)NCCOCCO/C(=C/C(=C)F)C(=C)C)C1.CC. The summed E-state index contributed by atoms with van der Waals surface area (Å²) >= 11 is 0. The normalized spacial score (nSPS) is 15.7. The van der Waals surface area contributed by atoms with Crippen molar-refractivity contribution in [2.45, 2.75) is 33.3 Å². The van der Waals surface area contributed by atoms with Crippen molar-refractivity contribution in [1.29, 1.82) is 0 Å². The summed E-state index contributed by atoms with van der Waals surface area (Å²) in [4.78, 5) is 24.8. The number of ether oxygens (including phenoxy) is 3. The van der Waals surface area contributed by atoms with E-state index >= 15 is 0 Å². The van der Waals surface area contributed by atoms with E-state index in [4.69, 9.17) is 14.2 Å². The van der Waals surface area contributed by atoms with E-state index < -0.39 is 11.9 Å². The fraction of sp³-hybridized carbons (Fsp3) is 0.524. The Hall–Kier alpha value is -2.61. The molecular weight excluding hydrogens is 379 g/mol. The first-order valence-electron chi connectivity index (χ1n) is 9.61. The lowest BCUT2D eigenvalue weighted by atomic mass is 10.2. The van der Waals surface area contributed by atoms with Crippen molar-refractivity contribution in [3.63, 3.8) is 0 Å². The Labute approximate surface area is 172 Å². The van der Waals surface area contributed by atoms with Crippen molar-refractivity contribution < 1.29 is 28.2 Å². The molecule has 0 saturated carbocycles. The summed E-state index contributed by atoms with van der Waals surface area (Å²) in [6.45, 7) is 17.9. The summed E-state index contributed by atoms with van der Waals surface area (Å²) in [5, 5.41) is 2.57. The van der Waals surface area contributed by atoms with E-state index in [0.29, 0.717) is 30.8 Å². The number of hydrogen-bond donors (Lipinski definition) is 1. The number of carbonyl (C=O) groups is 2. The van der Waals surface area contributed by atoms with E-state index in [1.807, 2.05) is 13.8 Å². The maximum absolute atomic E-state index is 12.8. The first kappa shape index (κ1) is 26.4. The Morgan fingerprint density at radius 3 is 2.52 bits per heavy atom. The van der Waals surface area contributed by atoms with E-state index in [0.717, 1.165) is 6.08 Å². The Bertz CT molecular complexity index is 604. The molecule has 0 aliphatic carbocycles. The quantitative estimate of drug-likeness (QED) is 0.243. The molecular formula is C21H33FN2O5. The predicted molar refractivity (Wildman–Crippen MR) is 111 cm³/mol. The summed E-state index contributed by atoms with van der Waals surface area (Å²) in [6.07, 6.45) is 2.13. The minimum absolute atomic E-state index is 0.169. The Balaban J connectivity index is 0.00000379. The van der Waals surface area contributed by atoms with Gasteiger partial charge in [0.15, 0.2) is 0 Å². The number of halogens is 1. The molecule has 8 heteroatoms. The molecule has 0 aromatic heterocycles. The van der Waals surface area contributed by atoms with Crippen molar-refractivity contribution in [1.82, 2.24) is 10.2 Å². The van der Waals surface area contributed by atoms with Crippen LogP contribution in [0.15, 0.2) is 49.0 Å². The predicted octanol–water partition coefficient (Wildman–Crippen LogP) is 3.50. The van der Waals surface area contributed by atoms with Gasteiger partial charge in [-0.3, -0.25) is 4.79 Å². The van der Waals surface area contributed by atoms with Crippen LogP contribution in [0.4, 0.5) is 9.18 Å². The van der Waals surface area contributed by atoms with Gasteiger partial charge in [0.2, 0.25) is 5.91 Å². The molecule has 1 fully saturated rings. The Morgan fingerprint density at radius 2 is 1.93 bits per heavy atom. The molecule has 0 bridgehead atoms. The highest BCUT2D eigenvalue weighted by atomic mass is 19.1. The summed E-state index contributed by atoms with van der Waals surface area (Å²) in [7, 11) is 0. The van der Waals surface area contributed by atoms with E-state index in [1.54, 1.807) is 11.8 Å². The molecule has 1 aliphatic heterocycles. The van der Waals surface area contributed by atoms with Gasteiger partial charge < -0.3 is 24.4 Å². The van der Waals surface area contributed by atoms with Crippen LogP contribution >= 0.6 is 0 Å². The van der Waals surface area contributed by atoms with Gasteiger partial charge in [0.1, 0.15) is 24.3 Å². The molecule has 164 valence electrons. The molecule has 0 radical (unpaired) electrons. The molecule has 0 aromatic carbocycles. The molecule has 1 N–H and O–H groups in total. The van der Waals surface area contributed by atoms with Gasteiger partial charge in [-0.2, -0.15) is 0 Å². The van der Waals surface area contributed by atoms with E-state index in [2.05, 4.69) is 25.1 Å². The summed E-state index contributed by atoms with van der Waals surface area (Å²) in [6, 6.07) is 0. The number of likely N-dealkylation sites (tertiary alicyclic amines) is 1. The monoisotopic (exact) mass is 412 g/mol. The van der Waals surface area contributed by atoms with Crippen molar-refractivity contribution in [2.24, 2.45) is 0 Å². The van der Waals surface area contributed by atoms with Crippen LogP contribution in [-0.4, -0.2) is 62.5 Å². The summed E-state index contributed by atoms with van der Waals surface area (Å²) in [5.41, 5.74) is 0.582. The molecule has 0 aromatic rings. The lowest BCUT2D eigenvalue weighted by molar-refractivity contribution is -0.125. The molecule has 1 atom stereocenters. The fourth-order valence-electron chi connectivity index (χ4n) is 2.31. The van der Waals surface area contributed by atoms with Crippen LogP contribution in [0.25, 0.3) is 0 Å². The molecule has 1 saturated heterocycles. The second-order valence-electron chi connectivity index (χ2n) is 5.93. The second-order valence-corrected chi connectivity index (χ2v) is 5.93. The number of alkyl carbamates (subject to hydrolysis) is 1. The highest BCUT2D eigenvalue weighted by Gasteiger charge is 2.27. The molecule has 7 nitrogen and oxygen atoms in total. The first-order chi connectivity index (χ1) is 13.8. The fourth-order valence-corrected chi connectivity index (χ4v) is 2.31. The number of allylic oxidation sites excluding steroid dienone is 3. The molecule has 1 aliphatic rings. The van der Waals surface area contributed by atoms with Crippen LogP contribution in [0.2, 0.25) is 0 Å². The number of amides is 2. The maximum atomic E-state index is 12.8. The number of carbonyl (C=O) groups excluding carboxylic acids is 2. The van der Waals surface area contributed by atoms with E-state index in [-0.39, 0.29) is 38.4 Å².